The van der Waals surface area contributed by atoms with E-state index in [2.05, 4.69) is 11.9 Å². The van der Waals surface area contributed by atoms with Crippen LogP contribution in [0.15, 0.2) is 18.3 Å². The first-order valence-corrected chi connectivity index (χ1v) is 6.53. The summed E-state index contributed by atoms with van der Waals surface area (Å²) in [6.07, 6.45) is 7.09. The van der Waals surface area contributed by atoms with Gasteiger partial charge in [-0.05, 0) is 44.2 Å². The van der Waals surface area contributed by atoms with Gasteiger partial charge in [-0.3, -0.25) is 4.98 Å². The zero-order valence-corrected chi connectivity index (χ0v) is 10.7. The summed E-state index contributed by atoms with van der Waals surface area (Å²) in [5, 5.41) is 0. The highest BCUT2D eigenvalue weighted by molar-refractivity contribution is 5.21. The molecule has 0 aromatic carbocycles. The van der Waals surface area contributed by atoms with Crippen molar-refractivity contribution < 1.29 is 4.74 Å². The molecule has 1 aliphatic carbocycles. The minimum atomic E-state index is -0.0150. The second-order valence-corrected chi connectivity index (χ2v) is 5.22. The van der Waals surface area contributed by atoms with Crippen molar-refractivity contribution in [1.82, 2.24) is 4.98 Å². The van der Waals surface area contributed by atoms with E-state index in [0.29, 0.717) is 6.10 Å². The molecule has 0 amide bonds. The largest absolute Gasteiger partial charge is 0.489 e. The molecule has 1 aromatic heterocycles. The maximum Gasteiger partial charge on any atom is 0.138 e. The fraction of sp³-hybridized carbons (Fsp3) is 0.643. The Morgan fingerprint density at radius 1 is 1.41 bits per heavy atom. The monoisotopic (exact) mass is 234 g/mol. The number of rotatable bonds is 3. The molecule has 1 aliphatic rings. The second-order valence-electron chi connectivity index (χ2n) is 5.22. The van der Waals surface area contributed by atoms with Crippen LogP contribution < -0.4 is 10.5 Å². The normalized spacial score (nSPS) is 26.5. The molecule has 0 bridgehead atoms. The van der Waals surface area contributed by atoms with Crippen LogP contribution in [0.1, 0.15) is 51.3 Å². The first kappa shape index (κ1) is 12.4. The van der Waals surface area contributed by atoms with E-state index >= 15 is 0 Å². The SMILES string of the molecule is CC1CCCC(Oc2ccc(C(C)N)nc2)C1. The van der Waals surface area contributed by atoms with Gasteiger partial charge in [-0.15, -0.1) is 0 Å². The van der Waals surface area contributed by atoms with Crippen molar-refractivity contribution >= 4 is 0 Å². The number of ether oxygens (including phenoxy) is 1. The van der Waals surface area contributed by atoms with Gasteiger partial charge in [0, 0.05) is 6.04 Å². The van der Waals surface area contributed by atoms with Gasteiger partial charge in [-0.1, -0.05) is 13.3 Å². The smallest absolute Gasteiger partial charge is 0.138 e. The Bertz CT molecular complexity index is 348. The molecule has 94 valence electrons. The Balaban J connectivity index is 1.94. The summed E-state index contributed by atoms with van der Waals surface area (Å²) in [7, 11) is 0. The predicted molar refractivity (Wildman–Crippen MR) is 68.9 cm³/mol. The van der Waals surface area contributed by atoms with E-state index < -0.39 is 0 Å². The van der Waals surface area contributed by atoms with Gasteiger partial charge in [0.15, 0.2) is 0 Å². The Morgan fingerprint density at radius 3 is 2.82 bits per heavy atom. The molecule has 3 nitrogen and oxygen atoms in total. The quantitative estimate of drug-likeness (QED) is 0.874. The summed E-state index contributed by atoms with van der Waals surface area (Å²) >= 11 is 0. The van der Waals surface area contributed by atoms with Gasteiger partial charge >= 0.3 is 0 Å². The number of hydrogen-bond acceptors (Lipinski definition) is 3. The second kappa shape index (κ2) is 5.50. The van der Waals surface area contributed by atoms with Crippen LogP contribution in [0.2, 0.25) is 0 Å². The van der Waals surface area contributed by atoms with Gasteiger partial charge in [-0.25, -0.2) is 0 Å². The van der Waals surface area contributed by atoms with Crippen LogP contribution in [-0.2, 0) is 0 Å². The van der Waals surface area contributed by atoms with Crippen LogP contribution in [0.4, 0.5) is 0 Å². The highest BCUT2D eigenvalue weighted by Gasteiger charge is 2.20. The molecule has 1 heterocycles. The molecule has 3 unspecified atom stereocenters. The number of hydrogen-bond donors (Lipinski definition) is 1. The molecular formula is C14H22N2O. The van der Waals surface area contributed by atoms with E-state index in [1.54, 1.807) is 6.20 Å². The molecule has 2 rings (SSSR count). The summed E-state index contributed by atoms with van der Waals surface area (Å²) < 4.78 is 5.96. The fourth-order valence-corrected chi connectivity index (χ4v) is 2.41. The molecule has 2 N–H and O–H groups in total. The van der Waals surface area contributed by atoms with Gasteiger partial charge in [0.2, 0.25) is 0 Å². The van der Waals surface area contributed by atoms with Gasteiger partial charge in [0.1, 0.15) is 5.75 Å². The van der Waals surface area contributed by atoms with Crippen LogP contribution in [-0.4, -0.2) is 11.1 Å². The summed E-state index contributed by atoms with van der Waals surface area (Å²) in [6, 6.07) is 3.91. The zero-order valence-electron chi connectivity index (χ0n) is 10.7. The average molecular weight is 234 g/mol. The average Bonchev–Trinajstić information content (AvgIpc) is 2.29. The lowest BCUT2D eigenvalue weighted by atomic mass is 9.89. The molecule has 1 fully saturated rings. The first-order valence-electron chi connectivity index (χ1n) is 6.53. The molecule has 0 saturated heterocycles. The molecule has 0 spiro atoms. The lowest BCUT2D eigenvalue weighted by molar-refractivity contribution is 0.128. The van der Waals surface area contributed by atoms with E-state index in [0.717, 1.165) is 23.8 Å². The first-order chi connectivity index (χ1) is 8.15. The summed E-state index contributed by atoms with van der Waals surface area (Å²) in [5.74, 6) is 1.65. The highest BCUT2D eigenvalue weighted by Crippen LogP contribution is 2.27. The minimum Gasteiger partial charge on any atom is -0.489 e. The molecule has 17 heavy (non-hydrogen) atoms. The Kier molecular flexibility index (Phi) is 4.00. The third-order valence-corrected chi connectivity index (χ3v) is 3.42. The van der Waals surface area contributed by atoms with Crippen molar-refractivity contribution in [2.75, 3.05) is 0 Å². The number of aromatic nitrogens is 1. The zero-order chi connectivity index (χ0) is 12.3. The maximum atomic E-state index is 5.96. The third kappa shape index (κ3) is 3.43. The van der Waals surface area contributed by atoms with E-state index in [4.69, 9.17) is 10.5 Å². The van der Waals surface area contributed by atoms with Gasteiger partial charge in [0.05, 0.1) is 18.0 Å². The predicted octanol–water partition coefficient (Wildman–Crippen LogP) is 3.06. The molecule has 3 atom stereocenters. The van der Waals surface area contributed by atoms with Gasteiger partial charge < -0.3 is 10.5 Å². The number of pyridine rings is 1. The number of nitrogens with two attached hydrogens (primary N) is 1. The molecule has 1 saturated carbocycles. The highest BCUT2D eigenvalue weighted by atomic mass is 16.5. The van der Waals surface area contributed by atoms with Crippen molar-refractivity contribution in [3.05, 3.63) is 24.0 Å². The summed E-state index contributed by atoms with van der Waals surface area (Å²) in [4.78, 5) is 4.31. The van der Waals surface area contributed by atoms with Crippen LogP contribution in [0.25, 0.3) is 0 Å². The van der Waals surface area contributed by atoms with E-state index in [1.807, 2.05) is 19.1 Å². The topological polar surface area (TPSA) is 48.1 Å². The Morgan fingerprint density at radius 2 is 2.24 bits per heavy atom. The standard InChI is InChI=1S/C14H22N2O/c1-10-4-3-5-12(8-10)17-13-6-7-14(11(2)15)16-9-13/h6-7,9-12H,3-5,8,15H2,1-2H3. The van der Waals surface area contributed by atoms with Crippen molar-refractivity contribution in [3.63, 3.8) is 0 Å². The molecule has 1 aromatic rings. The van der Waals surface area contributed by atoms with E-state index in [9.17, 15) is 0 Å². The van der Waals surface area contributed by atoms with Crippen molar-refractivity contribution in [3.8, 4) is 5.75 Å². The molecule has 0 radical (unpaired) electrons. The molecule has 0 aliphatic heterocycles. The van der Waals surface area contributed by atoms with Crippen molar-refractivity contribution in [2.24, 2.45) is 11.7 Å². The van der Waals surface area contributed by atoms with Gasteiger partial charge in [0.25, 0.3) is 0 Å². The maximum absolute atomic E-state index is 5.96. The molecule has 3 heteroatoms. The Hall–Kier alpha value is -1.09. The van der Waals surface area contributed by atoms with Gasteiger partial charge in [-0.2, -0.15) is 0 Å². The minimum absolute atomic E-state index is 0.0150. The van der Waals surface area contributed by atoms with Crippen molar-refractivity contribution in [1.29, 1.82) is 0 Å². The van der Waals surface area contributed by atoms with Crippen LogP contribution in [0, 0.1) is 5.92 Å². The lowest BCUT2D eigenvalue weighted by Crippen LogP contribution is -2.24. The third-order valence-electron chi connectivity index (χ3n) is 3.42. The van der Waals surface area contributed by atoms with Crippen molar-refractivity contribution in [2.45, 2.75) is 51.7 Å². The van der Waals surface area contributed by atoms with E-state index in [1.165, 1.54) is 19.3 Å². The Labute approximate surface area is 103 Å². The summed E-state index contributed by atoms with van der Waals surface area (Å²) in [5.41, 5.74) is 6.67. The molecular weight excluding hydrogens is 212 g/mol. The number of nitrogens with zero attached hydrogens (tertiary/aromatic N) is 1. The van der Waals surface area contributed by atoms with Crippen LogP contribution >= 0.6 is 0 Å². The van der Waals surface area contributed by atoms with Crippen LogP contribution in [0.5, 0.6) is 5.75 Å². The van der Waals surface area contributed by atoms with Crippen LogP contribution in [0.3, 0.4) is 0 Å². The lowest BCUT2D eigenvalue weighted by Gasteiger charge is -2.27. The van der Waals surface area contributed by atoms with E-state index in [-0.39, 0.29) is 6.04 Å². The fourth-order valence-electron chi connectivity index (χ4n) is 2.41. The summed E-state index contributed by atoms with van der Waals surface area (Å²) in [6.45, 7) is 4.23.